The van der Waals surface area contributed by atoms with Gasteiger partial charge in [-0.25, -0.2) is 0 Å². The monoisotopic (exact) mass is 376 g/mol. The molecule has 5 nitrogen and oxygen atoms in total. The molecule has 0 spiro atoms. The van der Waals surface area contributed by atoms with Gasteiger partial charge in [-0.1, -0.05) is 0 Å². The van der Waals surface area contributed by atoms with Crippen LogP contribution in [0.3, 0.4) is 0 Å². The molecular formula is C14H18BrClN2O3. The van der Waals surface area contributed by atoms with E-state index in [1.165, 1.54) is 0 Å². The first-order chi connectivity index (χ1) is 9.51. The van der Waals surface area contributed by atoms with Crippen LogP contribution in [0.4, 0.5) is 0 Å². The summed E-state index contributed by atoms with van der Waals surface area (Å²) < 4.78 is 8.12. The average Bonchev–Trinajstić information content (AvgIpc) is 2.65. The normalized spacial score (nSPS) is 10.5. The Morgan fingerprint density at radius 1 is 1.48 bits per heavy atom. The molecule has 0 fully saturated rings. The molecule has 0 aliphatic rings. The number of hydrogen-bond acceptors (Lipinski definition) is 3. The van der Waals surface area contributed by atoms with Crippen molar-refractivity contribution in [2.75, 3.05) is 14.2 Å². The molecule has 1 aromatic carbocycles. The predicted octanol–water partition coefficient (Wildman–Crippen LogP) is 2.72. The lowest BCUT2D eigenvalue weighted by Gasteiger charge is -2.06. The van der Waals surface area contributed by atoms with Crippen molar-refractivity contribution in [1.29, 1.82) is 0 Å². The van der Waals surface area contributed by atoms with Crippen molar-refractivity contribution < 1.29 is 14.6 Å². The van der Waals surface area contributed by atoms with Gasteiger partial charge in [0.2, 0.25) is 0 Å². The van der Waals surface area contributed by atoms with E-state index in [2.05, 4.69) is 21.2 Å². The number of carbonyl (C=O) groups is 1. The van der Waals surface area contributed by atoms with Crippen LogP contribution in [-0.4, -0.2) is 29.8 Å². The number of carboxylic acids is 1. The summed E-state index contributed by atoms with van der Waals surface area (Å²) in [6.07, 6.45) is -0.0138. The molecule has 0 saturated carbocycles. The molecule has 2 aromatic rings. The lowest BCUT2D eigenvalue weighted by Crippen LogP contribution is -2.12. The Hall–Kier alpha value is -1.24. The van der Waals surface area contributed by atoms with Gasteiger partial charge < -0.3 is 19.7 Å². The Bertz CT molecular complexity index is 670. The number of carboxylic acid groups (broad SMARTS) is 1. The smallest absolute Gasteiger partial charge is 0.307 e. The van der Waals surface area contributed by atoms with E-state index < -0.39 is 5.97 Å². The molecule has 116 valence electrons. The van der Waals surface area contributed by atoms with E-state index in [-0.39, 0.29) is 18.8 Å². The van der Waals surface area contributed by atoms with E-state index in [0.29, 0.717) is 12.3 Å². The van der Waals surface area contributed by atoms with Gasteiger partial charge in [0, 0.05) is 30.2 Å². The first-order valence-electron chi connectivity index (χ1n) is 6.20. The zero-order valence-electron chi connectivity index (χ0n) is 12.1. The van der Waals surface area contributed by atoms with E-state index in [9.17, 15) is 4.79 Å². The number of aryl methyl sites for hydroxylation is 1. The van der Waals surface area contributed by atoms with Crippen LogP contribution in [0.25, 0.3) is 10.9 Å². The summed E-state index contributed by atoms with van der Waals surface area (Å²) >= 11 is 3.53. The lowest BCUT2D eigenvalue weighted by atomic mass is 10.1. The second-order valence-corrected chi connectivity index (χ2v) is 5.35. The van der Waals surface area contributed by atoms with Crippen LogP contribution in [0.5, 0.6) is 5.75 Å². The van der Waals surface area contributed by atoms with Crippen molar-refractivity contribution >= 4 is 45.2 Å². The number of methoxy groups -OCH3 is 1. The van der Waals surface area contributed by atoms with E-state index in [1.807, 2.05) is 30.8 Å². The highest BCUT2D eigenvalue weighted by atomic mass is 79.9. The molecule has 7 heteroatoms. The molecule has 21 heavy (non-hydrogen) atoms. The van der Waals surface area contributed by atoms with Crippen molar-refractivity contribution in [3.05, 3.63) is 27.9 Å². The molecule has 0 aliphatic carbocycles. The molecule has 0 aliphatic heterocycles. The largest absolute Gasteiger partial charge is 0.496 e. The fraction of sp³-hybridized carbons (Fsp3) is 0.357. The quantitative estimate of drug-likeness (QED) is 0.841. The molecule has 2 rings (SSSR count). The molecule has 1 aromatic heterocycles. The summed E-state index contributed by atoms with van der Waals surface area (Å²) in [5.41, 5.74) is 2.77. The van der Waals surface area contributed by atoms with Gasteiger partial charge in [0.1, 0.15) is 5.75 Å². The van der Waals surface area contributed by atoms with Crippen LogP contribution in [0.2, 0.25) is 0 Å². The molecule has 2 N–H and O–H groups in total. The van der Waals surface area contributed by atoms with Crippen molar-refractivity contribution in [1.82, 2.24) is 9.88 Å². The highest BCUT2D eigenvalue weighted by molar-refractivity contribution is 9.10. The van der Waals surface area contributed by atoms with Crippen LogP contribution in [0, 0.1) is 0 Å². The van der Waals surface area contributed by atoms with E-state index in [0.717, 1.165) is 26.6 Å². The summed E-state index contributed by atoms with van der Waals surface area (Å²) in [6, 6.07) is 3.82. The molecule has 0 atom stereocenters. The van der Waals surface area contributed by atoms with Gasteiger partial charge in [-0.3, -0.25) is 4.79 Å². The fourth-order valence-corrected chi connectivity index (χ4v) is 3.23. The molecule has 0 amide bonds. The Balaban J connectivity index is 0.00000220. The van der Waals surface area contributed by atoms with Gasteiger partial charge in [-0.05, 0) is 40.7 Å². The van der Waals surface area contributed by atoms with Gasteiger partial charge in [0.15, 0.2) is 0 Å². The van der Waals surface area contributed by atoms with Gasteiger partial charge in [-0.2, -0.15) is 0 Å². The SMILES string of the molecule is CNCc1c(CC(=O)O)c2c(Br)c(OC)ccc2n1C.Cl. The summed E-state index contributed by atoms with van der Waals surface area (Å²) in [6.45, 7) is 0.614. The second-order valence-electron chi connectivity index (χ2n) is 4.56. The first kappa shape index (κ1) is 17.8. The minimum absolute atomic E-state index is 0. The maximum atomic E-state index is 11.2. The maximum Gasteiger partial charge on any atom is 0.307 e. The van der Waals surface area contributed by atoms with Crippen molar-refractivity contribution in [2.24, 2.45) is 7.05 Å². The number of aliphatic carboxylic acids is 1. The van der Waals surface area contributed by atoms with Gasteiger partial charge >= 0.3 is 5.97 Å². The average molecular weight is 378 g/mol. The number of hydrogen-bond donors (Lipinski definition) is 2. The Morgan fingerprint density at radius 2 is 2.14 bits per heavy atom. The molecule has 1 heterocycles. The third-order valence-electron chi connectivity index (χ3n) is 3.39. The lowest BCUT2D eigenvalue weighted by molar-refractivity contribution is -0.136. The maximum absolute atomic E-state index is 11.2. The van der Waals surface area contributed by atoms with Crippen LogP contribution < -0.4 is 10.1 Å². The van der Waals surface area contributed by atoms with E-state index in [1.54, 1.807) is 7.11 Å². The number of fused-ring (bicyclic) bond motifs is 1. The van der Waals surface area contributed by atoms with Crippen LogP contribution in [0.15, 0.2) is 16.6 Å². The minimum Gasteiger partial charge on any atom is -0.496 e. The highest BCUT2D eigenvalue weighted by Gasteiger charge is 2.20. The third-order valence-corrected chi connectivity index (χ3v) is 4.18. The molecule has 0 unspecified atom stereocenters. The van der Waals surface area contributed by atoms with Crippen molar-refractivity contribution in [3.8, 4) is 5.75 Å². The standard InChI is InChI=1S/C14H17BrN2O3.ClH/c1-16-7-10-8(6-12(18)19)13-9(17(10)2)4-5-11(20-3)14(13)15;/h4-5,16H,6-7H2,1-3H3,(H,18,19);1H. The van der Waals surface area contributed by atoms with Gasteiger partial charge in [0.25, 0.3) is 0 Å². The second kappa shape index (κ2) is 7.15. The van der Waals surface area contributed by atoms with E-state index >= 15 is 0 Å². The summed E-state index contributed by atoms with van der Waals surface area (Å²) in [4.78, 5) is 11.2. The first-order valence-corrected chi connectivity index (χ1v) is 6.99. The summed E-state index contributed by atoms with van der Waals surface area (Å²) in [5, 5.41) is 13.2. The zero-order valence-corrected chi connectivity index (χ0v) is 14.5. The minimum atomic E-state index is -0.843. The summed E-state index contributed by atoms with van der Waals surface area (Å²) in [5.74, 6) is -0.143. The predicted molar refractivity (Wildman–Crippen MR) is 88.5 cm³/mol. The topological polar surface area (TPSA) is 63.5 Å². The number of halogens is 2. The number of rotatable bonds is 5. The highest BCUT2D eigenvalue weighted by Crippen LogP contribution is 2.38. The van der Waals surface area contributed by atoms with Crippen LogP contribution >= 0.6 is 28.3 Å². The van der Waals surface area contributed by atoms with Gasteiger partial charge in [0.05, 0.1) is 18.0 Å². The molecule has 0 radical (unpaired) electrons. The fourth-order valence-electron chi connectivity index (χ4n) is 2.50. The number of nitrogens with zero attached hydrogens (tertiary/aromatic N) is 1. The Labute approximate surface area is 137 Å². The number of nitrogens with one attached hydrogen (secondary N) is 1. The Kier molecular flexibility index (Phi) is 6.07. The summed E-state index contributed by atoms with van der Waals surface area (Å²) in [7, 11) is 5.39. The molecular weight excluding hydrogens is 360 g/mol. The molecule has 0 bridgehead atoms. The molecule has 0 saturated heterocycles. The van der Waals surface area contributed by atoms with Gasteiger partial charge in [-0.15, -0.1) is 12.4 Å². The third kappa shape index (κ3) is 3.17. The van der Waals surface area contributed by atoms with Crippen molar-refractivity contribution in [3.63, 3.8) is 0 Å². The number of benzene rings is 1. The zero-order chi connectivity index (χ0) is 14.9. The Morgan fingerprint density at radius 3 is 2.67 bits per heavy atom. The van der Waals surface area contributed by atoms with Crippen LogP contribution in [-0.2, 0) is 24.8 Å². The number of ether oxygens (including phenoxy) is 1. The van der Waals surface area contributed by atoms with E-state index in [4.69, 9.17) is 9.84 Å². The number of aromatic nitrogens is 1. The van der Waals surface area contributed by atoms with Crippen molar-refractivity contribution in [2.45, 2.75) is 13.0 Å². The van der Waals surface area contributed by atoms with Crippen LogP contribution in [0.1, 0.15) is 11.3 Å².